The molecule has 2 N–H and O–H groups in total. The third-order valence-electron chi connectivity index (χ3n) is 3.46. The lowest BCUT2D eigenvalue weighted by Gasteiger charge is -2.36. The zero-order valence-corrected chi connectivity index (χ0v) is 10.4. The van der Waals surface area contributed by atoms with Crippen LogP contribution in [0.5, 0.6) is 0 Å². The third-order valence-corrected chi connectivity index (χ3v) is 3.46. The SMILES string of the molecule is CCC(CC)(OC)C(N)Cc1cccnc1. The van der Waals surface area contributed by atoms with Crippen molar-refractivity contribution in [2.24, 2.45) is 5.73 Å². The average molecular weight is 222 g/mol. The Labute approximate surface area is 98.0 Å². The van der Waals surface area contributed by atoms with Crippen molar-refractivity contribution in [3.63, 3.8) is 0 Å². The first-order valence-corrected chi connectivity index (χ1v) is 5.88. The molecule has 1 aromatic rings. The molecule has 1 unspecified atom stereocenters. The minimum Gasteiger partial charge on any atom is -0.377 e. The van der Waals surface area contributed by atoms with Crippen LogP contribution >= 0.6 is 0 Å². The topological polar surface area (TPSA) is 48.1 Å². The molecule has 90 valence electrons. The summed E-state index contributed by atoms with van der Waals surface area (Å²) in [5, 5.41) is 0. The van der Waals surface area contributed by atoms with Crippen molar-refractivity contribution in [1.29, 1.82) is 0 Å². The Bertz CT molecular complexity index is 288. The van der Waals surface area contributed by atoms with E-state index in [2.05, 4.69) is 24.9 Å². The van der Waals surface area contributed by atoms with E-state index >= 15 is 0 Å². The Kier molecular flexibility index (Phi) is 4.90. The molecule has 0 saturated carbocycles. The molecule has 1 heterocycles. The lowest BCUT2D eigenvalue weighted by Crippen LogP contribution is -2.50. The number of nitrogens with zero attached hydrogens (tertiary/aromatic N) is 1. The molecule has 0 aliphatic rings. The fourth-order valence-corrected chi connectivity index (χ4v) is 2.17. The quantitative estimate of drug-likeness (QED) is 0.802. The molecule has 3 nitrogen and oxygen atoms in total. The van der Waals surface area contributed by atoms with Crippen molar-refractivity contribution in [3.8, 4) is 0 Å². The Morgan fingerprint density at radius 1 is 1.44 bits per heavy atom. The lowest BCUT2D eigenvalue weighted by molar-refractivity contribution is -0.0374. The van der Waals surface area contributed by atoms with Crippen molar-refractivity contribution in [2.45, 2.75) is 44.8 Å². The number of hydrogen-bond donors (Lipinski definition) is 1. The largest absolute Gasteiger partial charge is 0.377 e. The summed E-state index contributed by atoms with van der Waals surface area (Å²) in [6, 6.07) is 4.00. The highest BCUT2D eigenvalue weighted by atomic mass is 16.5. The van der Waals surface area contributed by atoms with Crippen LogP contribution in [0.15, 0.2) is 24.5 Å². The summed E-state index contributed by atoms with van der Waals surface area (Å²) in [6.07, 6.45) is 6.32. The number of aromatic nitrogens is 1. The maximum atomic E-state index is 6.26. The second-order valence-electron chi connectivity index (χ2n) is 4.15. The van der Waals surface area contributed by atoms with Crippen molar-refractivity contribution in [3.05, 3.63) is 30.1 Å². The Hall–Kier alpha value is -0.930. The van der Waals surface area contributed by atoms with Gasteiger partial charge in [-0.15, -0.1) is 0 Å². The first-order chi connectivity index (χ1) is 7.68. The van der Waals surface area contributed by atoms with Gasteiger partial charge in [0.15, 0.2) is 0 Å². The zero-order valence-electron chi connectivity index (χ0n) is 10.4. The molecule has 0 aromatic carbocycles. The van der Waals surface area contributed by atoms with Crippen LogP contribution in [0.3, 0.4) is 0 Å². The van der Waals surface area contributed by atoms with E-state index in [9.17, 15) is 0 Å². The number of pyridine rings is 1. The van der Waals surface area contributed by atoms with Crippen LogP contribution in [0.2, 0.25) is 0 Å². The van der Waals surface area contributed by atoms with Gasteiger partial charge < -0.3 is 10.5 Å². The molecule has 0 aliphatic heterocycles. The van der Waals surface area contributed by atoms with Crippen LogP contribution in [-0.4, -0.2) is 23.7 Å². The molecule has 1 aromatic heterocycles. The van der Waals surface area contributed by atoms with Crippen LogP contribution in [0, 0.1) is 0 Å². The van der Waals surface area contributed by atoms with Crippen LogP contribution < -0.4 is 5.73 Å². The van der Waals surface area contributed by atoms with Gasteiger partial charge in [0.25, 0.3) is 0 Å². The summed E-state index contributed by atoms with van der Waals surface area (Å²) in [5.41, 5.74) is 7.22. The maximum Gasteiger partial charge on any atom is 0.0826 e. The van der Waals surface area contributed by atoms with Gasteiger partial charge in [0.05, 0.1) is 5.60 Å². The molecular weight excluding hydrogens is 200 g/mol. The molecule has 1 atom stereocenters. The fourth-order valence-electron chi connectivity index (χ4n) is 2.17. The van der Waals surface area contributed by atoms with Crippen molar-refractivity contribution in [2.75, 3.05) is 7.11 Å². The molecule has 0 amide bonds. The Morgan fingerprint density at radius 2 is 2.12 bits per heavy atom. The van der Waals surface area contributed by atoms with Gasteiger partial charge in [-0.1, -0.05) is 19.9 Å². The molecule has 1 rings (SSSR count). The van der Waals surface area contributed by atoms with Gasteiger partial charge in [0.1, 0.15) is 0 Å². The first kappa shape index (κ1) is 13.1. The van der Waals surface area contributed by atoms with E-state index in [1.807, 2.05) is 12.3 Å². The second-order valence-corrected chi connectivity index (χ2v) is 4.15. The van der Waals surface area contributed by atoms with Crippen LogP contribution in [-0.2, 0) is 11.2 Å². The number of hydrogen-bond acceptors (Lipinski definition) is 3. The molecule has 0 aliphatic carbocycles. The van der Waals surface area contributed by atoms with Crippen molar-refractivity contribution >= 4 is 0 Å². The number of methoxy groups -OCH3 is 1. The predicted molar refractivity (Wildman–Crippen MR) is 66.2 cm³/mol. The first-order valence-electron chi connectivity index (χ1n) is 5.88. The molecule has 0 fully saturated rings. The van der Waals surface area contributed by atoms with E-state index < -0.39 is 0 Å². The molecule has 3 heteroatoms. The zero-order chi connectivity index (χ0) is 12.0. The normalized spacial score (nSPS) is 13.8. The van der Waals surface area contributed by atoms with E-state index in [0.29, 0.717) is 0 Å². The van der Waals surface area contributed by atoms with E-state index in [1.54, 1.807) is 13.3 Å². The molecular formula is C13H22N2O. The highest BCUT2D eigenvalue weighted by Gasteiger charge is 2.33. The van der Waals surface area contributed by atoms with Gasteiger partial charge in [-0.2, -0.15) is 0 Å². The minimum atomic E-state index is -0.212. The maximum absolute atomic E-state index is 6.26. The average Bonchev–Trinajstić information content (AvgIpc) is 2.33. The third kappa shape index (κ3) is 2.80. The number of ether oxygens (including phenoxy) is 1. The highest BCUT2D eigenvalue weighted by molar-refractivity contribution is 5.12. The van der Waals surface area contributed by atoms with Crippen molar-refractivity contribution < 1.29 is 4.74 Å². The van der Waals surface area contributed by atoms with E-state index in [1.165, 1.54) is 5.56 Å². The molecule has 0 spiro atoms. The predicted octanol–water partition coefficient (Wildman–Crippen LogP) is 2.16. The molecule has 0 radical (unpaired) electrons. The standard InChI is InChI=1S/C13H22N2O/c1-4-13(5-2,16-3)12(14)9-11-7-6-8-15-10-11/h6-8,10,12H,4-5,9,14H2,1-3H3. The highest BCUT2D eigenvalue weighted by Crippen LogP contribution is 2.24. The van der Waals surface area contributed by atoms with Gasteiger partial charge >= 0.3 is 0 Å². The Morgan fingerprint density at radius 3 is 2.56 bits per heavy atom. The molecule has 0 bridgehead atoms. The van der Waals surface area contributed by atoms with E-state index in [4.69, 9.17) is 10.5 Å². The van der Waals surface area contributed by atoms with Crippen LogP contribution in [0.25, 0.3) is 0 Å². The summed E-state index contributed by atoms with van der Waals surface area (Å²) in [5.74, 6) is 0. The summed E-state index contributed by atoms with van der Waals surface area (Å²) in [4.78, 5) is 4.10. The summed E-state index contributed by atoms with van der Waals surface area (Å²) in [7, 11) is 1.75. The summed E-state index contributed by atoms with van der Waals surface area (Å²) < 4.78 is 5.62. The van der Waals surface area contributed by atoms with Crippen molar-refractivity contribution in [1.82, 2.24) is 4.98 Å². The summed E-state index contributed by atoms with van der Waals surface area (Å²) in [6.45, 7) is 4.24. The van der Waals surface area contributed by atoms with Gasteiger partial charge in [-0.25, -0.2) is 0 Å². The van der Waals surface area contributed by atoms with Gasteiger partial charge in [0.2, 0.25) is 0 Å². The molecule has 0 saturated heterocycles. The molecule has 16 heavy (non-hydrogen) atoms. The lowest BCUT2D eigenvalue weighted by atomic mass is 9.85. The van der Waals surface area contributed by atoms with Crippen LogP contribution in [0.1, 0.15) is 32.3 Å². The number of rotatable bonds is 6. The van der Waals surface area contributed by atoms with E-state index in [-0.39, 0.29) is 11.6 Å². The Balaban J connectivity index is 2.73. The number of nitrogens with two attached hydrogens (primary N) is 1. The van der Waals surface area contributed by atoms with Gasteiger partial charge in [0, 0.05) is 25.5 Å². The smallest absolute Gasteiger partial charge is 0.0826 e. The van der Waals surface area contributed by atoms with Crippen LogP contribution in [0.4, 0.5) is 0 Å². The summed E-state index contributed by atoms with van der Waals surface area (Å²) >= 11 is 0. The van der Waals surface area contributed by atoms with Gasteiger partial charge in [-0.3, -0.25) is 4.98 Å². The fraction of sp³-hybridized carbons (Fsp3) is 0.615. The minimum absolute atomic E-state index is 0.0108. The monoisotopic (exact) mass is 222 g/mol. The van der Waals surface area contributed by atoms with Gasteiger partial charge in [-0.05, 0) is 30.9 Å². The second kappa shape index (κ2) is 5.97. The van der Waals surface area contributed by atoms with E-state index in [0.717, 1.165) is 19.3 Å².